The molecule has 0 saturated carbocycles. The zero-order valence-electron chi connectivity index (χ0n) is 7.60. The van der Waals surface area contributed by atoms with Crippen LogP contribution in [0.4, 0.5) is 0 Å². The second-order valence-electron chi connectivity index (χ2n) is 2.95. The van der Waals surface area contributed by atoms with Crippen LogP contribution < -0.4 is 5.32 Å². The maximum atomic E-state index is 10.0. The monoisotopic (exact) mass is 157 g/mol. The summed E-state index contributed by atoms with van der Waals surface area (Å²) in [5.74, 6) is 0. The molecule has 2 nitrogen and oxygen atoms in total. The van der Waals surface area contributed by atoms with E-state index in [0.717, 1.165) is 19.3 Å². The third-order valence-electron chi connectivity index (χ3n) is 1.74. The van der Waals surface area contributed by atoms with E-state index in [4.69, 9.17) is 0 Å². The molecule has 0 aliphatic carbocycles. The van der Waals surface area contributed by atoms with Crippen LogP contribution >= 0.6 is 0 Å². The van der Waals surface area contributed by atoms with Gasteiger partial charge in [0.2, 0.25) is 0 Å². The van der Waals surface area contributed by atoms with Crippen molar-refractivity contribution in [2.24, 2.45) is 0 Å². The number of carbonyl (C=O) groups excluding carboxylic acids is 1. The van der Waals surface area contributed by atoms with Gasteiger partial charge in [0.05, 0.1) is 0 Å². The molecule has 0 aliphatic rings. The van der Waals surface area contributed by atoms with Gasteiger partial charge in [0.15, 0.2) is 0 Å². The topological polar surface area (TPSA) is 29.1 Å². The zero-order chi connectivity index (χ0) is 8.53. The number of hydrogen-bond acceptors (Lipinski definition) is 2. The van der Waals surface area contributed by atoms with Crippen LogP contribution in [-0.4, -0.2) is 18.9 Å². The van der Waals surface area contributed by atoms with Crippen LogP contribution in [0.15, 0.2) is 0 Å². The van der Waals surface area contributed by atoms with E-state index in [2.05, 4.69) is 19.2 Å². The summed E-state index contributed by atoms with van der Waals surface area (Å²) in [6.45, 7) is 5.38. The van der Waals surface area contributed by atoms with E-state index in [1.165, 1.54) is 12.8 Å². The Kier molecular flexibility index (Phi) is 7.47. The minimum absolute atomic E-state index is 0.492. The van der Waals surface area contributed by atoms with Crippen molar-refractivity contribution >= 4 is 6.29 Å². The first-order valence-electron chi connectivity index (χ1n) is 4.48. The average molecular weight is 157 g/mol. The molecule has 66 valence electrons. The SMILES string of the molecule is CCCCN[C@H](C)CCC=O. The highest BCUT2D eigenvalue weighted by atomic mass is 16.1. The van der Waals surface area contributed by atoms with Crippen molar-refractivity contribution in [1.82, 2.24) is 5.32 Å². The van der Waals surface area contributed by atoms with E-state index >= 15 is 0 Å². The quantitative estimate of drug-likeness (QED) is 0.450. The van der Waals surface area contributed by atoms with Gasteiger partial charge in [-0.1, -0.05) is 13.3 Å². The molecule has 0 saturated heterocycles. The Morgan fingerprint density at radius 1 is 1.55 bits per heavy atom. The van der Waals surface area contributed by atoms with Crippen LogP contribution in [0.3, 0.4) is 0 Å². The molecule has 0 heterocycles. The number of aldehydes is 1. The first-order chi connectivity index (χ1) is 5.31. The highest BCUT2D eigenvalue weighted by Crippen LogP contribution is 1.94. The van der Waals surface area contributed by atoms with Crippen molar-refractivity contribution in [2.45, 2.75) is 45.6 Å². The lowest BCUT2D eigenvalue weighted by Gasteiger charge is -2.10. The summed E-state index contributed by atoms with van der Waals surface area (Å²) >= 11 is 0. The van der Waals surface area contributed by atoms with Crippen molar-refractivity contribution in [3.8, 4) is 0 Å². The molecule has 0 aliphatic heterocycles. The second-order valence-corrected chi connectivity index (χ2v) is 2.95. The van der Waals surface area contributed by atoms with Crippen LogP contribution in [0.1, 0.15) is 39.5 Å². The summed E-state index contributed by atoms with van der Waals surface area (Å²) < 4.78 is 0. The average Bonchev–Trinajstić information content (AvgIpc) is 2.01. The molecule has 0 radical (unpaired) electrons. The van der Waals surface area contributed by atoms with Crippen molar-refractivity contribution in [3.05, 3.63) is 0 Å². The van der Waals surface area contributed by atoms with Gasteiger partial charge in [-0.3, -0.25) is 0 Å². The van der Waals surface area contributed by atoms with E-state index in [1.54, 1.807) is 0 Å². The molecular weight excluding hydrogens is 138 g/mol. The van der Waals surface area contributed by atoms with E-state index in [0.29, 0.717) is 12.5 Å². The Morgan fingerprint density at radius 3 is 2.82 bits per heavy atom. The van der Waals surface area contributed by atoms with E-state index in [9.17, 15) is 4.79 Å². The third-order valence-corrected chi connectivity index (χ3v) is 1.74. The molecule has 0 unspecified atom stereocenters. The number of unbranched alkanes of at least 4 members (excludes halogenated alkanes) is 1. The summed E-state index contributed by atoms with van der Waals surface area (Å²) in [4.78, 5) is 10.0. The number of hydrogen-bond donors (Lipinski definition) is 1. The molecule has 0 bridgehead atoms. The molecule has 0 aromatic heterocycles. The zero-order valence-corrected chi connectivity index (χ0v) is 7.60. The van der Waals surface area contributed by atoms with Crippen molar-refractivity contribution in [1.29, 1.82) is 0 Å². The Hall–Kier alpha value is -0.370. The number of rotatable bonds is 7. The van der Waals surface area contributed by atoms with Crippen LogP contribution in [0.2, 0.25) is 0 Å². The normalized spacial score (nSPS) is 12.9. The summed E-state index contributed by atoms with van der Waals surface area (Å²) in [5.41, 5.74) is 0. The van der Waals surface area contributed by atoms with Gasteiger partial charge >= 0.3 is 0 Å². The number of nitrogens with one attached hydrogen (secondary N) is 1. The lowest BCUT2D eigenvalue weighted by atomic mass is 10.2. The summed E-state index contributed by atoms with van der Waals surface area (Å²) in [6.07, 6.45) is 5.09. The number of carbonyl (C=O) groups is 1. The second kappa shape index (κ2) is 7.73. The Labute approximate surface area is 69.4 Å². The van der Waals surface area contributed by atoms with E-state index < -0.39 is 0 Å². The highest BCUT2D eigenvalue weighted by molar-refractivity contribution is 5.49. The maximum Gasteiger partial charge on any atom is 0.120 e. The molecule has 1 N–H and O–H groups in total. The minimum atomic E-state index is 0.492. The van der Waals surface area contributed by atoms with Gasteiger partial charge < -0.3 is 10.1 Å². The van der Waals surface area contributed by atoms with Crippen molar-refractivity contribution in [2.75, 3.05) is 6.54 Å². The predicted octanol–water partition coefficient (Wildman–Crippen LogP) is 1.74. The molecule has 0 fully saturated rings. The van der Waals surface area contributed by atoms with Gasteiger partial charge in [-0.2, -0.15) is 0 Å². The van der Waals surface area contributed by atoms with Gasteiger partial charge in [0, 0.05) is 12.5 Å². The van der Waals surface area contributed by atoms with Gasteiger partial charge in [-0.15, -0.1) is 0 Å². The standard InChI is InChI=1S/C9H19NO/c1-3-4-7-10-9(2)6-5-8-11/h8-10H,3-7H2,1-2H3/t9-/m1/s1. The highest BCUT2D eigenvalue weighted by Gasteiger charge is 1.98. The molecular formula is C9H19NO. The molecule has 0 amide bonds. The molecule has 0 aromatic rings. The molecule has 11 heavy (non-hydrogen) atoms. The largest absolute Gasteiger partial charge is 0.314 e. The van der Waals surface area contributed by atoms with Gasteiger partial charge in [-0.25, -0.2) is 0 Å². The first-order valence-corrected chi connectivity index (χ1v) is 4.48. The fourth-order valence-electron chi connectivity index (χ4n) is 0.945. The van der Waals surface area contributed by atoms with Gasteiger partial charge in [-0.05, 0) is 26.3 Å². The van der Waals surface area contributed by atoms with Crippen LogP contribution in [0, 0.1) is 0 Å². The summed E-state index contributed by atoms with van der Waals surface area (Å²) in [6, 6.07) is 0.492. The minimum Gasteiger partial charge on any atom is -0.314 e. The molecule has 0 spiro atoms. The van der Waals surface area contributed by atoms with Gasteiger partial charge in [0.1, 0.15) is 6.29 Å². The Balaban J connectivity index is 3.08. The lowest BCUT2D eigenvalue weighted by Crippen LogP contribution is -2.26. The van der Waals surface area contributed by atoms with Crippen molar-refractivity contribution < 1.29 is 4.79 Å². The van der Waals surface area contributed by atoms with E-state index in [-0.39, 0.29) is 0 Å². The van der Waals surface area contributed by atoms with E-state index in [1.807, 2.05) is 0 Å². The molecule has 0 aromatic carbocycles. The molecule has 2 heteroatoms. The lowest BCUT2D eigenvalue weighted by molar-refractivity contribution is -0.108. The van der Waals surface area contributed by atoms with Gasteiger partial charge in [0.25, 0.3) is 0 Å². The Bertz CT molecular complexity index is 93.6. The Morgan fingerprint density at radius 2 is 2.27 bits per heavy atom. The smallest absolute Gasteiger partial charge is 0.120 e. The predicted molar refractivity (Wildman–Crippen MR) is 47.7 cm³/mol. The third kappa shape index (κ3) is 7.53. The van der Waals surface area contributed by atoms with Crippen LogP contribution in [0.25, 0.3) is 0 Å². The van der Waals surface area contributed by atoms with Crippen molar-refractivity contribution in [3.63, 3.8) is 0 Å². The summed E-state index contributed by atoms with van der Waals surface area (Å²) in [5, 5.41) is 3.36. The summed E-state index contributed by atoms with van der Waals surface area (Å²) in [7, 11) is 0. The van der Waals surface area contributed by atoms with Crippen LogP contribution in [-0.2, 0) is 4.79 Å². The fraction of sp³-hybridized carbons (Fsp3) is 0.889. The molecule has 1 atom stereocenters. The fourth-order valence-corrected chi connectivity index (χ4v) is 0.945. The van der Waals surface area contributed by atoms with Crippen LogP contribution in [0.5, 0.6) is 0 Å². The first kappa shape index (κ1) is 10.6. The maximum absolute atomic E-state index is 10.0. The molecule has 0 rings (SSSR count).